The highest BCUT2D eigenvalue weighted by Crippen LogP contribution is 2.23. The van der Waals surface area contributed by atoms with Gasteiger partial charge in [-0.25, -0.2) is 9.78 Å². The van der Waals surface area contributed by atoms with Crippen LogP contribution in [0.2, 0.25) is 10.0 Å². The molecule has 0 saturated carbocycles. The summed E-state index contributed by atoms with van der Waals surface area (Å²) in [5.41, 5.74) is 2.13. The van der Waals surface area contributed by atoms with Gasteiger partial charge in [0, 0.05) is 11.9 Å². The molecule has 0 radical (unpaired) electrons. The van der Waals surface area contributed by atoms with E-state index < -0.39 is 6.09 Å². The van der Waals surface area contributed by atoms with Crippen molar-refractivity contribution in [2.45, 2.75) is 13.2 Å². The normalized spacial score (nSPS) is 10.8. The van der Waals surface area contributed by atoms with Crippen molar-refractivity contribution < 1.29 is 9.53 Å². The number of carbonyl (C=O) groups is 1. The molecule has 4 rings (SSSR count). The summed E-state index contributed by atoms with van der Waals surface area (Å²) in [4.78, 5) is 33.5. The highest BCUT2D eigenvalue weighted by Gasteiger charge is 2.10. The smallest absolute Gasteiger partial charge is 0.412 e. The second-order valence-corrected chi connectivity index (χ2v) is 7.49. The van der Waals surface area contributed by atoms with Crippen molar-refractivity contribution >= 4 is 45.9 Å². The number of nitrogens with zero attached hydrogens (tertiary/aromatic N) is 3. The lowest BCUT2D eigenvalue weighted by Crippen LogP contribution is -2.21. The summed E-state index contributed by atoms with van der Waals surface area (Å²) in [6, 6.07) is 15.4. The molecular weight excluding hydrogens is 439 g/mol. The number of halogens is 2. The van der Waals surface area contributed by atoms with Crippen LogP contribution < -0.4 is 10.9 Å². The molecule has 1 amide bonds. The predicted octanol–water partition coefficient (Wildman–Crippen LogP) is 4.90. The van der Waals surface area contributed by atoms with E-state index >= 15 is 0 Å². The average molecular weight is 455 g/mol. The zero-order valence-electron chi connectivity index (χ0n) is 16.1. The second kappa shape index (κ2) is 9.16. The highest BCUT2D eigenvalue weighted by molar-refractivity contribution is 6.42. The van der Waals surface area contributed by atoms with Crippen molar-refractivity contribution in [1.82, 2.24) is 14.5 Å². The lowest BCUT2D eigenvalue weighted by Gasteiger charge is -2.10. The molecule has 2 aromatic heterocycles. The van der Waals surface area contributed by atoms with E-state index in [0.717, 1.165) is 5.56 Å². The Balaban J connectivity index is 1.52. The number of rotatable bonds is 5. The van der Waals surface area contributed by atoms with Crippen LogP contribution >= 0.6 is 23.2 Å². The Hall–Kier alpha value is -3.42. The number of fused-ring (bicyclic) bond motifs is 1. The van der Waals surface area contributed by atoms with Gasteiger partial charge in [-0.3, -0.25) is 19.7 Å². The van der Waals surface area contributed by atoms with Gasteiger partial charge in [-0.15, -0.1) is 0 Å². The number of pyridine rings is 1. The van der Waals surface area contributed by atoms with Gasteiger partial charge in [0.1, 0.15) is 6.61 Å². The van der Waals surface area contributed by atoms with Gasteiger partial charge in [-0.2, -0.15) is 0 Å². The van der Waals surface area contributed by atoms with Crippen molar-refractivity contribution in [2.75, 3.05) is 5.32 Å². The molecule has 0 saturated heterocycles. The Morgan fingerprint density at radius 1 is 1.03 bits per heavy atom. The Labute approximate surface area is 187 Å². The number of nitrogens with one attached hydrogen (secondary N) is 1. The van der Waals surface area contributed by atoms with Crippen LogP contribution in [0.4, 0.5) is 10.5 Å². The number of aromatic nitrogens is 3. The van der Waals surface area contributed by atoms with Gasteiger partial charge in [-0.1, -0.05) is 35.3 Å². The number of ether oxygens (including phenoxy) is 1. The van der Waals surface area contributed by atoms with Gasteiger partial charge in [0.05, 0.1) is 39.5 Å². The predicted molar refractivity (Wildman–Crippen MR) is 120 cm³/mol. The topological polar surface area (TPSA) is 86.1 Å². The molecule has 156 valence electrons. The summed E-state index contributed by atoms with van der Waals surface area (Å²) in [5.74, 6) is 0. The van der Waals surface area contributed by atoms with Crippen LogP contribution in [0, 0.1) is 0 Å². The van der Waals surface area contributed by atoms with E-state index in [1.54, 1.807) is 54.7 Å². The Morgan fingerprint density at radius 3 is 2.68 bits per heavy atom. The summed E-state index contributed by atoms with van der Waals surface area (Å²) in [6.45, 7) is 0.320. The molecule has 0 bridgehead atoms. The largest absolute Gasteiger partial charge is 0.443 e. The molecule has 0 atom stereocenters. The molecular formula is C22H16Cl2N4O3. The lowest BCUT2D eigenvalue weighted by atomic mass is 10.2. The molecule has 2 aromatic carbocycles. The number of anilines is 1. The summed E-state index contributed by atoms with van der Waals surface area (Å²) in [5, 5.41) is 3.84. The fourth-order valence-corrected chi connectivity index (χ4v) is 3.28. The van der Waals surface area contributed by atoms with E-state index in [4.69, 9.17) is 27.9 Å². The van der Waals surface area contributed by atoms with Crippen LogP contribution in [0.15, 0.2) is 71.9 Å². The third kappa shape index (κ3) is 5.02. The minimum atomic E-state index is -0.648. The minimum Gasteiger partial charge on any atom is -0.443 e. The van der Waals surface area contributed by atoms with Gasteiger partial charge in [-0.05, 0) is 48.0 Å². The van der Waals surface area contributed by atoms with E-state index in [2.05, 4.69) is 15.3 Å². The molecule has 0 fully saturated rings. The van der Waals surface area contributed by atoms with Crippen molar-refractivity contribution in [3.8, 4) is 0 Å². The maximum Gasteiger partial charge on any atom is 0.412 e. The number of carbonyl (C=O) groups excluding carboxylic acids is 1. The first-order valence-electron chi connectivity index (χ1n) is 9.26. The molecule has 0 aliphatic carbocycles. The standard InChI is InChI=1S/C22H16Cl2N4O3/c23-18-6-4-14(9-19(18)24)11-28-13-26-20-7-5-15(10-17(20)21(28)29)27-22(30)31-12-16-3-1-2-8-25-16/h1-10,13H,11-12H2,(H,27,30). The van der Waals surface area contributed by atoms with Crippen LogP contribution in [-0.2, 0) is 17.9 Å². The van der Waals surface area contributed by atoms with Crippen LogP contribution in [0.1, 0.15) is 11.3 Å². The van der Waals surface area contributed by atoms with Gasteiger partial charge in [0.25, 0.3) is 5.56 Å². The van der Waals surface area contributed by atoms with Gasteiger partial charge in [0.15, 0.2) is 0 Å². The summed E-state index contributed by atoms with van der Waals surface area (Å²) in [6.07, 6.45) is 2.45. The van der Waals surface area contributed by atoms with Gasteiger partial charge < -0.3 is 4.74 Å². The summed E-state index contributed by atoms with van der Waals surface area (Å²) in [7, 11) is 0. The van der Waals surface area contributed by atoms with Crippen LogP contribution in [0.3, 0.4) is 0 Å². The van der Waals surface area contributed by atoms with Crippen LogP contribution in [0.5, 0.6) is 0 Å². The molecule has 31 heavy (non-hydrogen) atoms. The molecule has 1 N–H and O–H groups in total. The van der Waals surface area contributed by atoms with Gasteiger partial charge in [0.2, 0.25) is 0 Å². The fraction of sp³-hybridized carbons (Fsp3) is 0.0909. The SMILES string of the molecule is O=C(Nc1ccc2ncn(Cc3ccc(Cl)c(Cl)c3)c(=O)c2c1)OCc1ccccn1. The third-order valence-corrected chi connectivity index (χ3v) is 5.22. The molecule has 0 aliphatic rings. The van der Waals surface area contributed by atoms with Crippen LogP contribution in [-0.4, -0.2) is 20.6 Å². The summed E-state index contributed by atoms with van der Waals surface area (Å²) < 4.78 is 6.63. The lowest BCUT2D eigenvalue weighted by molar-refractivity contribution is 0.153. The number of amides is 1. The first kappa shape index (κ1) is 20.8. The zero-order valence-corrected chi connectivity index (χ0v) is 17.6. The van der Waals surface area contributed by atoms with Crippen molar-refractivity contribution in [1.29, 1.82) is 0 Å². The third-order valence-electron chi connectivity index (χ3n) is 4.48. The molecule has 0 aliphatic heterocycles. The van der Waals surface area contributed by atoms with E-state index in [0.29, 0.717) is 32.3 Å². The minimum absolute atomic E-state index is 0.0399. The summed E-state index contributed by atoms with van der Waals surface area (Å²) >= 11 is 12.0. The molecule has 2 heterocycles. The van der Waals surface area contributed by atoms with Crippen molar-refractivity contribution in [3.63, 3.8) is 0 Å². The number of hydrogen-bond donors (Lipinski definition) is 1. The molecule has 0 unspecified atom stereocenters. The van der Waals surface area contributed by atoms with E-state index in [9.17, 15) is 9.59 Å². The van der Waals surface area contributed by atoms with Gasteiger partial charge >= 0.3 is 6.09 Å². The average Bonchev–Trinajstić information content (AvgIpc) is 2.78. The maximum absolute atomic E-state index is 12.9. The number of hydrogen-bond acceptors (Lipinski definition) is 5. The van der Waals surface area contributed by atoms with E-state index in [-0.39, 0.29) is 18.7 Å². The molecule has 7 nitrogen and oxygen atoms in total. The first-order valence-corrected chi connectivity index (χ1v) is 10.0. The van der Waals surface area contributed by atoms with Crippen molar-refractivity contribution in [2.24, 2.45) is 0 Å². The second-order valence-electron chi connectivity index (χ2n) is 6.68. The Kier molecular flexibility index (Phi) is 6.16. The van der Waals surface area contributed by atoms with E-state index in [1.165, 1.54) is 10.9 Å². The zero-order chi connectivity index (χ0) is 21.8. The highest BCUT2D eigenvalue weighted by atomic mass is 35.5. The fourth-order valence-electron chi connectivity index (χ4n) is 2.96. The molecule has 9 heteroatoms. The van der Waals surface area contributed by atoms with Crippen LogP contribution in [0.25, 0.3) is 10.9 Å². The maximum atomic E-state index is 12.9. The van der Waals surface area contributed by atoms with Crippen molar-refractivity contribution in [3.05, 3.63) is 98.8 Å². The Bertz CT molecular complexity index is 1310. The molecule has 4 aromatic rings. The number of benzene rings is 2. The molecule has 0 spiro atoms. The quantitative estimate of drug-likeness (QED) is 0.463. The monoisotopic (exact) mass is 454 g/mol. The van der Waals surface area contributed by atoms with E-state index in [1.807, 2.05) is 6.07 Å². The Morgan fingerprint density at radius 2 is 1.90 bits per heavy atom. The first-order chi connectivity index (χ1) is 15.0.